The first-order valence-corrected chi connectivity index (χ1v) is 5.52. The molecule has 0 radical (unpaired) electrons. The molecule has 0 saturated carbocycles. The van der Waals surface area contributed by atoms with Gasteiger partial charge in [0.1, 0.15) is 6.42 Å². The van der Waals surface area contributed by atoms with E-state index in [0.717, 1.165) is 0 Å². The van der Waals surface area contributed by atoms with Crippen molar-refractivity contribution in [2.45, 2.75) is 48.0 Å². The molecule has 0 saturated heterocycles. The van der Waals surface area contributed by atoms with Crippen LogP contribution in [0.1, 0.15) is 48.0 Å². The van der Waals surface area contributed by atoms with Gasteiger partial charge in [-0.05, 0) is 19.3 Å². The van der Waals surface area contributed by atoms with E-state index in [4.69, 9.17) is 0 Å². The highest BCUT2D eigenvalue weighted by atomic mass is 16.5. The van der Waals surface area contributed by atoms with Gasteiger partial charge in [0.05, 0.1) is 13.2 Å². The molecular formula is C12H24O4. The van der Waals surface area contributed by atoms with Crippen LogP contribution in [-0.4, -0.2) is 25.2 Å². The van der Waals surface area contributed by atoms with E-state index in [1.54, 1.807) is 13.8 Å². The minimum Gasteiger partial charge on any atom is -0.466 e. The average molecular weight is 232 g/mol. The van der Waals surface area contributed by atoms with Crippen molar-refractivity contribution >= 4 is 11.9 Å². The summed E-state index contributed by atoms with van der Waals surface area (Å²) in [4.78, 5) is 21.2. The highest BCUT2D eigenvalue weighted by Crippen LogP contribution is 2.08. The topological polar surface area (TPSA) is 52.6 Å². The number of rotatable bonds is 4. The van der Waals surface area contributed by atoms with Gasteiger partial charge < -0.3 is 9.47 Å². The second-order valence-corrected chi connectivity index (χ2v) is 4.79. The van der Waals surface area contributed by atoms with Crippen molar-refractivity contribution < 1.29 is 19.1 Å². The summed E-state index contributed by atoms with van der Waals surface area (Å²) in [5.41, 5.74) is 0.500. The van der Waals surface area contributed by atoms with Crippen LogP contribution in [0.3, 0.4) is 0 Å². The first kappa shape index (κ1) is 17.3. The number of carbonyl (C=O) groups is 2. The van der Waals surface area contributed by atoms with E-state index in [9.17, 15) is 9.59 Å². The van der Waals surface area contributed by atoms with Crippen molar-refractivity contribution in [1.82, 2.24) is 0 Å². The Balaban J connectivity index is 0. The maximum absolute atomic E-state index is 10.6. The first-order valence-electron chi connectivity index (χ1n) is 5.52. The lowest BCUT2D eigenvalue weighted by Gasteiger charge is -2.05. The summed E-state index contributed by atoms with van der Waals surface area (Å²) in [5, 5.41) is 0. The van der Waals surface area contributed by atoms with Gasteiger partial charge in [0.25, 0.3) is 0 Å². The Labute approximate surface area is 98.3 Å². The summed E-state index contributed by atoms with van der Waals surface area (Å²) in [6.07, 6.45) is -0.290. The van der Waals surface area contributed by atoms with Crippen LogP contribution in [0, 0.1) is 5.41 Å². The van der Waals surface area contributed by atoms with E-state index >= 15 is 0 Å². The second-order valence-electron chi connectivity index (χ2n) is 4.79. The molecule has 0 atom stereocenters. The van der Waals surface area contributed by atoms with Gasteiger partial charge in [0.15, 0.2) is 0 Å². The molecule has 0 bridgehead atoms. The van der Waals surface area contributed by atoms with Gasteiger partial charge in [-0.3, -0.25) is 9.59 Å². The van der Waals surface area contributed by atoms with Crippen LogP contribution in [0.25, 0.3) is 0 Å². The Morgan fingerprint density at radius 2 is 1.12 bits per heavy atom. The van der Waals surface area contributed by atoms with Crippen molar-refractivity contribution in [1.29, 1.82) is 0 Å². The standard InChI is InChI=1S/C7H12O4.C5H12/c1-3-10-6(8)5-7(9)11-4-2;1-5(2,3)4/h3-5H2,1-2H3;1-4H3. The molecule has 0 rings (SSSR count). The number of hydrogen-bond acceptors (Lipinski definition) is 4. The maximum Gasteiger partial charge on any atom is 0.317 e. The lowest BCUT2D eigenvalue weighted by Crippen LogP contribution is -2.13. The summed E-state index contributed by atoms with van der Waals surface area (Å²) in [5.74, 6) is -1.07. The molecule has 96 valence electrons. The minimum absolute atomic E-state index is 0.290. The van der Waals surface area contributed by atoms with Crippen molar-refractivity contribution in [3.05, 3.63) is 0 Å². The monoisotopic (exact) mass is 232 g/mol. The second kappa shape index (κ2) is 9.19. The maximum atomic E-state index is 10.6. The fourth-order valence-corrected chi connectivity index (χ4v) is 0.542. The minimum atomic E-state index is -0.536. The van der Waals surface area contributed by atoms with Gasteiger partial charge in [-0.1, -0.05) is 27.7 Å². The van der Waals surface area contributed by atoms with E-state index in [0.29, 0.717) is 5.41 Å². The van der Waals surface area contributed by atoms with Crippen LogP contribution in [0.5, 0.6) is 0 Å². The van der Waals surface area contributed by atoms with Crippen molar-refractivity contribution in [2.24, 2.45) is 5.41 Å². The molecule has 0 unspecified atom stereocenters. The summed E-state index contributed by atoms with van der Waals surface area (Å²) in [7, 11) is 0. The predicted molar refractivity (Wildman–Crippen MR) is 63.0 cm³/mol. The SMILES string of the molecule is CC(C)(C)C.CCOC(=O)CC(=O)OCC. The number of hydrogen-bond donors (Lipinski definition) is 0. The van der Waals surface area contributed by atoms with E-state index < -0.39 is 11.9 Å². The molecule has 0 spiro atoms. The lowest BCUT2D eigenvalue weighted by molar-refractivity contribution is -0.153. The lowest BCUT2D eigenvalue weighted by atomic mass is 10.0. The molecule has 0 amide bonds. The fraction of sp³-hybridized carbons (Fsp3) is 0.833. The number of ether oxygens (including phenoxy) is 2. The third-order valence-corrected chi connectivity index (χ3v) is 0.899. The van der Waals surface area contributed by atoms with E-state index in [-0.39, 0.29) is 19.6 Å². The van der Waals surface area contributed by atoms with Gasteiger partial charge in [0.2, 0.25) is 0 Å². The summed E-state index contributed by atoms with van der Waals surface area (Å²) in [6, 6.07) is 0. The molecule has 4 nitrogen and oxygen atoms in total. The fourth-order valence-electron chi connectivity index (χ4n) is 0.542. The normalized spacial score (nSPS) is 9.88. The molecule has 0 heterocycles. The van der Waals surface area contributed by atoms with Crippen LogP contribution < -0.4 is 0 Å². The Morgan fingerprint density at radius 1 is 0.875 bits per heavy atom. The van der Waals surface area contributed by atoms with Crippen LogP contribution >= 0.6 is 0 Å². The Morgan fingerprint density at radius 3 is 1.31 bits per heavy atom. The van der Waals surface area contributed by atoms with Gasteiger partial charge in [-0.2, -0.15) is 0 Å². The molecule has 0 aliphatic carbocycles. The largest absolute Gasteiger partial charge is 0.466 e. The molecule has 0 fully saturated rings. The smallest absolute Gasteiger partial charge is 0.317 e. The average Bonchev–Trinajstić information content (AvgIpc) is 2.00. The molecule has 0 N–H and O–H groups in total. The highest BCUT2D eigenvalue weighted by Gasteiger charge is 2.09. The Kier molecular flexibility index (Phi) is 9.96. The summed E-state index contributed by atoms with van der Waals surface area (Å²) < 4.78 is 9.04. The molecule has 0 aromatic heterocycles. The third kappa shape index (κ3) is 23.1. The van der Waals surface area contributed by atoms with E-state index in [1.807, 2.05) is 0 Å². The number of carbonyl (C=O) groups excluding carboxylic acids is 2. The van der Waals surface area contributed by atoms with Gasteiger partial charge in [-0.25, -0.2) is 0 Å². The molecular weight excluding hydrogens is 208 g/mol. The zero-order valence-corrected chi connectivity index (χ0v) is 11.3. The third-order valence-electron chi connectivity index (χ3n) is 0.899. The van der Waals surface area contributed by atoms with Crippen molar-refractivity contribution in [3.63, 3.8) is 0 Å². The van der Waals surface area contributed by atoms with Crippen LogP contribution in [-0.2, 0) is 19.1 Å². The summed E-state index contributed by atoms with van der Waals surface area (Å²) >= 11 is 0. The molecule has 0 aliphatic rings. The molecule has 0 aromatic rings. The van der Waals surface area contributed by atoms with E-state index in [2.05, 4.69) is 37.2 Å². The van der Waals surface area contributed by atoms with E-state index in [1.165, 1.54) is 0 Å². The van der Waals surface area contributed by atoms with Crippen molar-refractivity contribution in [3.8, 4) is 0 Å². The Bertz CT molecular complexity index is 182. The molecule has 0 aromatic carbocycles. The first-order chi connectivity index (χ1) is 7.20. The molecule has 4 heteroatoms. The highest BCUT2D eigenvalue weighted by molar-refractivity contribution is 5.91. The van der Waals surface area contributed by atoms with Crippen molar-refractivity contribution in [2.75, 3.05) is 13.2 Å². The zero-order valence-electron chi connectivity index (χ0n) is 11.3. The summed E-state index contributed by atoms with van der Waals surface area (Å²) in [6.45, 7) is 12.7. The quantitative estimate of drug-likeness (QED) is 0.552. The molecule has 16 heavy (non-hydrogen) atoms. The van der Waals surface area contributed by atoms with Gasteiger partial charge in [-0.15, -0.1) is 0 Å². The van der Waals surface area contributed by atoms with Gasteiger partial charge >= 0.3 is 11.9 Å². The predicted octanol–water partition coefficient (Wildman–Crippen LogP) is 2.56. The van der Waals surface area contributed by atoms with Crippen LogP contribution in [0.2, 0.25) is 0 Å². The van der Waals surface area contributed by atoms with Gasteiger partial charge in [0, 0.05) is 0 Å². The molecule has 0 aliphatic heterocycles. The van der Waals surface area contributed by atoms with Crippen LogP contribution in [0.15, 0.2) is 0 Å². The van der Waals surface area contributed by atoms with Crippen LogP contribution in [0.4, 0.5) is 0 Å². The number of esters is 2. The zero-order chi connectivity index (χ0) is 13.2. The Hall–Kier alpha value is -1.06.